The molecule has 1 amide bonds. The van der Waals surface area contributed by atoms with Gasteiger partial charge in [0, 0.05) is 18.5 Å². The van der Waals surface area contributed by atoms with Crippen molar-refractivity contribution in [1.82, 2.24) is 5.32 Å². The minimum absolute atomic E-state index is 0.376. The zero-order chi connectivity index (χ0) is 11.4. The molecular formula is C13H15NO2. The monoisotopic (exact) mass is 217 g/mol. The summed E-state index contributed by atoms with van der Waals surface area (Å²) in [6, 6.07) is 7.69. The zero-order valence-corrected chi connectivity index (χ0v) is 9.27. The van der Waals surface area contributed by atoms with E-state index in [0.29, 0.717) is 11.7 Å². The Morgan fingerprint density at radius 2 is 2.25 bits per heavy atom. The average molecular weight is 217 g/mol. The summed E-state index contributed by atoms with van der Waals surface area (Å²) in [6.07, 6.45) is 6.11. The fraction of sp³-hybridized carbons (Fsp3) is 0.308. The molecule has 0 saturated heterocycles. The van der Waals surface area contributed by atoms with Crippen LogP contribution in [0.5, 0.6) is 5.75 Å². The van der Waals surface area contributed by atoms with Crippen molar-refractivity contribution in [2.24, 2.45) is 0 Å². The molecule has 0 bridgehead atoms. The Balaban J connectivity index is 2.23. The molecule has 0 aromatic heterocycles. The van der Waals surface area contributed by atoms with Crippen molar-refractivity contribution in [2.45, 2.75) is 18.8 Å². The molecule has 0 unspecified atom stereocenters. The maximum atomic E-state index is 11.2. The third kappa shape index (κ3) is 2.24. The lowest BCUT2D eigenvalue weighted by atomic mass is 9.98. The molecule has 1 N–H and O–H groups in total. The lowest BCUT2D eigenvalue weighted by molar-refractivity contribution is 0.202. The van der Waals surface area contributed by atoms with Crippen molar-refractivity contribution < 1.29 is 9.53 Å². The number of allylic oxidation sites excluding steroid dienone is 2. The maximum absolute atomic E-state index is 11.2. The van der Waals surface area contributed by atoms with Crippen molar-refractivity contribution in [1.29, 1.82) is 0 Å². The molecule has 1 aliphatic carbocycles. The van der Waals surface area contributed by atoms with E-state index in [2.05, 4.69) is 17.5 Å². The summed E-state index contributed by atoms with van der Waals surface area (Å²) in [5.74, 6) is 1.03. The number of amides is 1. The molecule has 0 aliphatic heterocycles. The van der Waals surface area contributed by atoms with E-state index in [1.54, 1.807) is 7.05 Å². The number of ether oxygens (including phenoxy) is 1. The van der Waals surface area contributed by atoms with E-state index in [1.165, 1.54) is 0 Å². The van der Waals surface area contributed by atoms with E-state index in [9.17, 15) is 4.79 Å². The lowest BCUT2D eigenvalue weighted by Crippen LogP contribution is -2.22. The number of carbonyl (C=O) groups is 1. The van der Waals surface area contributed by atoms with Crippen molar-refractivity contribution in [3.05, 3.63) is 42.0 Å². The Labute approximate surface area is 95.1 Å². The second-order valence-corrected chi connectivity index (χ2v) is 3.79. The van der Waals surface area contributed by atoms with Crippen molar-refractivity contribution in [3.63, 3.8) is 0 Å². The van der Waals surface area contributed by atoms with Gasteiger partial charge in [-0.15, -0.1) is 0 Å². The minimum Gasteiger partial charge on any atom is -0.410 e. The number of nitrogens with one attached hydrogen (secondary N) is 1. The maximum Gasteiger partial charge on any atom is 0.412 e. The molecular weight excluding hydrogens is 202 g/mol. The molecule has 0 heterocycles. The zero-order valence-electron chi connectivity index (χ0n) is 9.27. The molecule has 3 heteroatoms. The van der Waals surface area contributed by atoms with Gasteiger partial charge in [-0.3, -0.25) is 0 Å². The first-order chi connectivity index (χ1) is 7.81. The molecule has 0 spiro atoms. The minimum atomic E-state index is -0.422. The Hall–Kier alpha value is -1.77. The third-order valence-electron chi connectivity index (χ3n) is 2.74. The fourth-order valence-electron chi connectivity index (χ4n) is 1.92. The third-order valence-corrected chi connectivity index (χ3v) is 2.74. The van der Waals surface area contributed by atoms with Gasteiger partial charge >= 0.3 is 6.09 Å². The molecule has 0 radical (unpaired) electrons. The van der Waals surface area contributed by atoms with Gasteiger partial charge in [-0.25, -0.2) is 4.79 Å². The van der Waals surface area contributed by atoms with Crippen LogP contribution in [0.15, 0.2) is 36.4 Å². The quantitative estimate of drug-likeness (QED) is 0.773. The van der Waals surface area contributed by atoms with Crippen LogP contribution in [0.3, 0.4) is 0 Å². The summed E-state index contributed by atoms with van der Waals surface area (Å²) < 4.78 is 5.22. The van der Waals surface area contributed by atoms with Crippen LogP contribution in [0.1, 0.15) is 24.3 Å². The van der Waals surface area contributed by atoms with Crippen LogP contribution < -0.4 is 10.1 Å². The van der Waals surface area contributed by atoms with Gasteiger partial charge in [-0.2, -0.15) is 0 Å². The summed E-state index contributed by atoms with van der Waals surface area (Å²) in [5, 5.41) is 2.45. The average Bonchev–Trinajstić information content (AvgIpc) is 2.83. The highest BCUT2D eigenvalue weighted by Gasteiger charge is 2.17. The number of hydrogen-bond acceptors (Lipinski definition) is 2. The van der Waals surface area contributed by atoms with Crippen molar-refractivity contribution in [3.8, 4) is 5.75 Å². The number of benzene rings is 1. The number of para-hydroxylation sites is 1. The van der Waals surface area contributed by atoms with Crippen LogP contribution in [-0.2, 0) is 0 Å². The molecule has 1 aliphatic rings. The summed E-state index contributed by atoms with van der Waals surface area (Å²) in [5.41, 5.74) is 1.08. The molecule has 0 saturated carbocycles. The molecule has 0 fully saturated rings. The van der Waals surface area contributed by atoms with E-state index in [1.807, 2.05) is 24.3 Å². The van der Waals surface area contributed by atoms with E-state index in [0.717, 1.165) is 18.4 Å². The molecule has 1 aromatic carbocycles. The molecule has 1 aromatic rings. The van der Waals surface area contributed by atoms with Gasteiger partial charge in [-0.1, -0.05) is 30.4 Å². The summed E-state index contributed by atoms with van der Waals surface area (Å²) >= 11 is 0. The number of hydrogen-bond donors (Lipinski definition) is 1. The van der Waals surface area contributed by atoms with Gasteiger partial charge in [0.2, 0.25) is 0 Å². The van der Waals surface area contributed by atoms with Crippen LogP contribution in [0.4, 0.5) is 4.79 Å². The van der Waals surface area contributed by atoms with Gasteiger partial charge in [0.25, 0.3) is 0 Å². The van der Waals surface area contributed by atoms with Crippen LogP contribution in [0.25, 0.3) is 0 Å². The predicted molar refractivity (Wildman–Crippen MR) is 62.6 cm³/mol. The highest BCUT2D eigenvalue weighted by molar-refractivity contribution is 5.70. The Morgan fingerprint density at radius 1 is 1.44 bits per heavy atom. The number of carbonyl (C=O) groups excluding carboxylic acids is 1. The predicted octanol–water partition coefficient (Wildman–Crippen LogP) is 2.84. The highest BCUT2D eigenvalue weighted by atomic mass is 16.6. The van der Waals surface area contributed by atoms with Gasteiger partial charge in [0.05, 0.1) is 0 Å². The molecule has 2 rings (SSSR count). The van der Waals surface area contributed by atoms with Crippen LogP contribution in [-0.4, -0.2) is 13.1 Å². The SMILES string of the molecule is CNC(=O)Oc1ccccc1[C@H]1C=CCC1. The molecule has 84 valence electrons. The van der Waals surface area contributed by atoms with E-state index in [4.69, 9.17) is 4.74 Å². The number of rotatable bonds is 2. The Bertz CT molecular complexity index is 412. The van der Waals surface area contributed by atoms with Gasteiger partial charge in [0.1, 0.15) is 5.75 Å². The molecule has 16 heavy (non-hydrogen) atoms. The van der Waals surface area contributed by atoms with Gasteiger partial charge < -0.3 is 10.1 Å². The van der Waals surface area contributed by atoms with E-state index < -0.39 is 6.09 Å². The second kappa shape index (κ2) is 4.84. The van der Waals surface area contributed by atoms with Crippen LogP contribution >= 0.6 is 0 Å². The molecule has 1 atom stereocenters. The van der Waals surface area contributed by atoms with Crippen molar-refractivity contribution in [2.75, 3.05) is 7.05 Å². The van der Waals surface area contributed by atoms with Crippen molar-refractivity contribution >= 4 is 6.09 Å². The normalized spacial score (nSPS) is 18.4. The standard InChI is InChI=1S/C13H15NO2/c1-14-13(15)16-12-9-5-4-8-11(12)10-6-2-3-7-10/h2,4-6,8-10H,3,7H2,1H3,(H,14,15)/t10-/m0/s1. The first-order valence-electron chi connectivity index (χ1n) is 5.46. The van der Waals surface area contributed by atoms with Crippen LogP contribution in [0.2, 0.25) is 0 Å². The van der Waals surface area contributed by atoms with E-state index in [-0.39, 0.29) is 0 Å². The molecule has 3 nitrogen and oxygen atoms in total. The Morgan fingerprint density at radius 3 is 2.94 bits per heavy atom. The van der Waals surface area contributed by atoms with Gasteiger partial charge in [-0.05, 0) is 18.9 Å². The first-order valence-corrected chi connectivity index (χ1v) is 5.46. The summed E-state index contributed by atoms with van der Waals surface area (Å²) in [7, 11) is 1.56. The summed E-state index contributed by atoms with van der Waals surface area (Å²) in [4.78, 5) is 11.2. The first kappa shape index (κ1) is 10.7. The van der Waals surface area contributed by atoms with Crippen LogP contribution in [0, 0.1) is 0 Å². The lowest BCUT2D eigenvalue weighted by Gasteiger charge is -2.13. The smallest absolute Gasteiger partial charge is 0.410 e. The summed E-state index contributed by atoms with van der Waals surface area (Å²) in [6.45, 7) is 0. The topological polar surface area (TPSA) is 38.3 Å². The Kier molecular flexibility index (Phi) is 3.25. The largest absolute Gasteiger partial charge is 0.412 e. The second-order valence-electron chi connectivity index (χ2n) is 3.79. The highest BCUT2D eigenvalue weighted by Crippen LogP contribution is 2.34. The fourth-order valence-corrected chi connectivity index (χ4v) is 1.92. The van der Waals surface area contributed by atoms with E-state index >= 15 is 0 Å². The van der Waals surface area contributed by atoms with Gasteiger partial charge in [0.15, 0.2) is 0 Å².